The van der Waals surface area contributed by atoms with E-state index in [-0.39, 0.29) is 17.7 Å². The number of anilines is 1. The van der Waals surface area contributed by atoms with Gasteiger partial charge in [0.2, 0.25) is 5.91 Å². The van der Waals surface area contributed by atoms with E-state index < -0.39 is 11.5 Å². The van der Waals surface area contributed by atoms with Gasteiger partial charge in [0.1, 0.15) is 35.6 Å². The van der Waals surface area contributed by atoms with Crippen LogP contribution in [0.5, 0.6) is 11.5 Å². The molecule has 0 saturated carbocycles. The highest BCUT2D eigenvalue weighted by Crippen LogP contribution is 2.28. The minimum Gasteiger partial charge on any atom is -0.497 e. The first kappa shape index (κ1) is 20.1. The number of carbonyl (C=O) groups excluding carboxylic acids is 1. The minimum absolute atomic E-state index is 0.235. The maximum atomic E-state index is 13.2. The average molecular weight is 423 g/mol. The van der Waals surface area contributed by atoms with Gasteiger partial charge in [0.25, 0.3) is 5.56 Å². The second kappa shape index (κ2) is 8.27. The van der Waals surface area contributed by atoms with Crippen LogP contribution in [0.4, 0.5) is 10.1 Å². The van der Waals surface area contributed by atoms with Crippen molar-refractivity contribution >= 4 is 22.6 Å². The third-order valence-electron chi connectivity index (χ3n) is 4.62. The summed E-state index contributed by atoms with van der Waals surface area (Å²) >= 11 is 0. The van der Waals surface area contributed by atoms with Crippen molar-refractivity contribution in [1.29, 1.82) is 0 Å². The lowest BCUT2D eigenvalue weighted by Gasteiger charge is -2.12. The maximum absolute atomic E-state index is 13.2. The van der Waals surface area contributed by atoms with Gasteiger partial charge >= 0.3 is 0 Å². The number of ether oxygens (including phenoxy) is 2. The average Bonchev–Trinajstić information content (AvgIpc) is 3.21. The summed E-state index contributed by atoms with van der Waals surface area (Å²) in [5, 5.41) is 7.12. The van der Waals surface area contributed by atoms with Crippen LogP contribution in [0.2, 0.25) is 0 Å². The molecule has 9 nitrogen and oxygen atoms in total. The van der Waals surface area contributed by atoms with E-state index in [0.29, 0.717) is 28.5 Å². The Morgan fingerprint density at radius 1 is 1.13 bits per heavy atom. The second-order valence-corrected chi connectivity index (χ2v) is 6.56. The van der Waals surface area contributed by atoms with Crippen LogP contribution in [-0.4, -0.2) is 39.5 Å². The molecule has 0 bridgehead atoms. The first-order valence-corrected chi connectivity index (χ1v) is 9.21. The molecule has 1 N–H and O–H groups in total. The maximum Gasteiger partial charge on any atom is 0.264 e. The smallest absolute Gasteiger partial charge is 0.264 e. The standard InChI is InChI=1S/C21H18FN5O4/c1-30-15-7-8-18(31-2)17(9-15)25-19(28)11-26-12-23-20-16(21(26)29)10-24-27(20)14-5-3-13(22)4-6-14/h3-10,12H,11H2,1-2H3,(H,25,28). The molecule has 4 rings (SSSR count). The molecule has 4 aromatic rings. The van der Waals surface area contributed by atoms with Crippen LogP contribution in [0.25, 0.3) is 16.7 Å². The van der Waals surface area contributed by atoms with E-state index >= 15 is 0 Å². The van der Waals surface area contributed by atoms with Gasteiger partial charge in [0.15, 0.2) is 5.65 Å². The molecule has 0 saturated heterocycles. The van der Waals surface area contributed by atoms with Crippen LogP contribution in [0, 0.1) is 5.82 Å². The highest BCUT2D eigenvalue weighted by atomic mass is 19.1. The zero-order valence-corrected chi connectivity index (χ0v) is 16.7. The highest BCUT2D eigenvalue weighted by molar-refractivity contribution is 5.92. The van der Waals surface area contributed by atoms with Gasteiger partial charge in [-0.05, 0) is 36.4 Å². The molecule has 2 aromatic heterocycles. The molecule has 0 aliphatic carbocycles. The van der Waals surface area contributed by atoms with E-state index in [1.165, 1.54) is 60.3 Å². The number of aromatic nitrogens is 4. The number of nitrogens with one attached hydrogen (secondary N) is 1. The van der Waals surface area contributed by atoms with Crippen molar-refractivity contribution in [1.82, 2.24) is 19.3 Å². The van der Waals surface area contributed by atoms with Crippen molar-refractivity contribution in [2.75, 3.05) is 19.5 Å². The summed E-state index contributed by atoms with van der Waals surface area (Å²) < 4.78 is 26.2. The molecule has 0 unspecified atom stereocenters. The van der Waals surface area contributed by atoms with Crippen LogP contribution in [-0.2, 0) is 11.3 Å². The minimum atomic E-state index is -0.444. The highest BCUT2D eigenvalue weighted by Gasteiger charge is 2.15. The molecule has 2 aromatic carbocycles. The summed E-state index contributed by atoms with van der Waals surface area (Å²) in [6, 6.07) is 10.6. The van der Waals surface area contributed by atoms with Crippen molar-refractivity contribution in [3.8, 4) is 17.2 Å². The molecule has 0 fully saturated rings. The van der Waals surface area contributed by atoms with Crippen LogP contribution in [0.15, 0.2) is 59.8 Å². The fourth-order valence-electron chi connectivity index (χ4n) is 3.09. The predicted octanol–water partition coefficient (Wildman–Crippen LogP) is 2.38. The summed E-state index contributed by atoms with van der Waals surface area (Å²) in [4.78, 5) is 29.6. The Morgan fingerprint density at radius 2 is 1.90 bits per heavy atom. The molecule has 0 spiro atoms. The predicted molar refractivity (Wildman–Crippen MR) is 111 cm³/mol. The first-order chi connectivity index (χ1) is 15.0. The summed E-state index contributed by atoms with van der Waals surface area (Å²) in [6.45, 7) is -0.260. The number of fused-ring (bicyclic) bond motifs is 1. The van der Waals surface area contributed by atoms with Gasteiger partial charge in [0.05, 0.1) is 31.8 Å². The number of methoxy groups -OCH3 is 2. The number of carbonyl (C=O) groups is 1. The third kappa shape index (κ3) is 3.95. The van der Waals surface area contributed by atoms with E-state index in [1.54, 1.807) is 18.2 Å². The lowest BCUT2D eigenvalue weighted by atomic mass is 10.2. The van der Waals surface area contributed by atoms with E-state index in [2.05, 4.69) is 15.4 Å². The van der Waals surface area contributed by atoms with Gasteiger partial charge in [0, 0.05) is 6.07 Å². The number of rotatable bonds is 6. The number of halogens is 1. The third-order valence-corrected chi connectivity index (χ3v) is 4.62. The normalized spacial score (nSPS) is 10.8. The number of benzene rings is 2. The zero-order chi connectivity index (χ0) is 22.0. The van der Waals surface area contributed by atoms with Crippen molar-refractivity contribution in [2.45, 2.75) is 6.54 Å². The molecule has 158 valence electrons. The Hall–Kier alpha value is -4.21. The monoisotopic (exact) mass is 423 g/mol. The van der Waals surface area contributed by atoms with Crippen molar-refractivity contribution in [3.63, 3.8) is 0 Å². The first-order valence-electron chi connectivity index (χ1n) is 9.21. The van der Waals surface area contributed by atoms with Gasteiger partial charge in [-0.25, -0.2) is 14.1 Å². The van der Waals surface area contributed by atoms with E-state index in [4.69, 9.17) is 9.47 Å². The lowest BCUT2D eigenvalue weighted by Crippen LogP contribution is -2.28. The number of hydrogen-bond acceptors (Lipinski definition) is 6. The van der Waals surface area contributed by atoms with Crippen LogP contribution >= 0.6 is 0 Å². The molecule has 31 heavy (non-hydrogen) atoms. The van der Waals surface area contributed by atoms with Gasteiger partial charge in [-0.2, -0.15) is 5.10 Å². The molecule has 2 heterocycles. The molecule has 0 radical (unpaired) electrons. The van der Waals surface area contributed by atoms with E-state index in [9.17, 15) is 14.0 Å². The molecule has 10 heteroatoms. The van der Waals surface area contributed by atoms with Gasteiger partial charge in [-0.15, -0.1) is 0 Å². The van der Waals surface area contributed by atoms with Crippen molar-refractivity contribution in [2.24, 2.45) is 0 Å². The Labute approximate surface area is 175 Å². The molecular weight excluding hydrogens is 405 g/mol. The quantitative estimate of drug-likeness (QED) is 0.511. The Kier molecular flexibility index (Phi) is 5.35. The molecule has 0 aliphatic rings. The topological polar surface area (TPSA) is 100 Å². The Morgan fingerprint density at radius 3 is 2.61 bits per heavy atom. The van der Waals surface area contributed by atoms with Gasteiger partial charge in [-0.3, -0.25) is 14.2 Å². The Balaban J connectivity index is 1.60. The van der Waals surface area contributed by atoms with Crippen LogP contribution in [0.1, 0.15) is 0 Å². The van der Waals surface area contributed by atoms with Crippen LogP contribution in [0.3, 0.4) is 0 Å². The fraction of sp³-hybridized carbons (Fsp3) is 0.143. The molecular formula is C21H18FN5O4. The summed E-state index contributed by atoms with van der Waals surface area (Å²) in [6.07, 6.45) is 2.64. The second-order valence-electron chi connectivity index (χ2n) is 6.56. The molecule has 0 aliphatic heterocycles. The molecule has 1 amide bonds. The number of nitrogens with zero attached hydrogens (tertiary/aromatic N) is 4. The van der Waals surface area contributed by atoms with Gasteiger partial charge in [-0.1, -0.05) is 0 Å². The zero-order valence-electron chi connectivity index (χ0n) is 16.7. The summed E-state index contributed by atoms with van der Waals surface area (Å²) in [5.74, 6) is 0.176. The largest absolute Gasteiger partial charge is 0.497 e. The lowest BCUT2D eigenvalue weighted by molar-refractivity contribution is -0.116. The Bertz CT molecular complexity index is 1310. The van der Waals surface area contributed by atoms with Crippen LogP contribution < -0.4 is 20.3 Å². The summed E-state index contributed by atoms with van der Waals surface area (Å²) in [5.41, 5.74) is 0.857. The number of amides is 1. The fourth-order valence-corrected chi connectivity index (χ4v) is 3.09. The van der Waals surface area contributed by atoms with Crippen molar-refractivity contribution < 1.29 is 18.7 Å². The van der Waals surface area contributed by atoms with E-state index in [1.807, 2.05) is 0 Å². The van der Waals surface area contributed by atoms with Gasteiger partial charge < -0.3 is 14.8 Å². The van der Waals surface area contributed by atoms with Crippen molar-refractivity contribution in [3.05, 3.63) is 71.2 Å². The number of hydrogen-bond donors (Lipinski definition) is 1. The summed E-state index contributed by atoms with van der Waals surface area (Å²) in [7, 11) is 3.00. The van der Waals surface area contributed by atoms with E-state index in [0.717, 1.165) is 0 Å². The molecule has 0 atom stereocenters. The SMILES string of the molecule is COc1ccc(OC)c(NC(=O)Cn2cnc3c(cnn3-c3ccc(F)cc3)c2=O)c1.